The number of hydrogen-bond acceptors (Lipinski definition) is 1. The first kappa shape index (κ1) is 10.3. The minimum Gasteiger partial charge on any atom is -0.351 e. The molecule has 0 saturated heterocycles. The molecular weight excluding hydrogens is 196 g/mol. The summed E-state index contributed by atoms with van der Waals surface area (Å²) in [6.07, 6.45) is 6.05. The van der Waals surface area contributed by atoms with Crippen molar-refractivity contribution in [2.75, 3.05) is 0 Å². The molecule has 0 aliphatic carbocycles. The monoisotopic (exact) mass is 208 g/mol. The molecule has 0 unspecified atom stereocenters. The molecule has 1 heterocycles. The van der Waals surface area contributed by atoms with E-state index in [0.717, 1.165) is 11.3 Å². The predicted octanol–water partition coefficient (Wildman–Crippen LogP) is 3.07. The van der Waals surface area contributed by atoms with E-state index >= 15 is 0 Å². The van der Waals surface area contributed by atoms with Gasteiger partial charge < -0.3 is 4.57 Å². The maximum Gasteiger partial charge on any atom is 0.0991 e. The number of rotatable bonds is 2. The van der Waals surface area contributed by atoms with Gasteiger partial charge in [-0.3, -0.25) is 0 Å². The van der Waals surface area contributed by atoms with E-state index in [2.05, 4.69) is 6.07 Å². The van der Waals surface area contributed by atoms with Gasteiger partial charge in [-0.2, -0.15) is 5.26 Å². The third-order valence-corrected chi connectivity index (χ3v) is 2.45. The highest BCUT2D eigenvalue weighted by Crippen LogP contribution is 2.09. The van der Waals surface area contributed by atoms with E-state index in [-0.39, 0.29) is 0 Å². The van der Waals surface area contributed by atoms with Crippen LogP contribution in [0.1, 0.15) is 16.8 Å². The second-order valence-corrected chi connectivity index (χ2v) is 3.61. The highest BCUT2D eigenvalue weighted by Gasteiger charge is 1.93. The van der Waals surface area contributed by atoms with Crippen molar-refractivity contribution in [3.63, 3.8) is 0 Å². The zero-order valence-corrected chi connectivity index (χ0v) is 9.09. The number of benzene rings is 1. The summed E-state index contributed by atoms with van der Waals surface area (Å²) in [5.41, 5.74) is 2.87. The van der Waals surface area contributed by atoms with Gasteiger partial charge in [0, 0.05) is 18.9 Å². The quantitative estimate of drug-likeness (QED) is 0.745. The normalized spacial score (nSPS) is 10.5. The molecule has 2 aromatic rings. The van der Waals surface area contributed by atoms with E-state index in [1.807, 2.05) is 60.3 Å². The summed E-state index contributed by atoms with van der Waals surface area (Å²) >= 11 is 0. The Morgan fingerprint density at radius 2 is 2.06 bits per heavy atom. The van der Waals surface area contributed by atoms with Gasteiger partial charge in [0.15, 0.2) is 0 Å². The summed E-state index contributed by atoms with van der Waals surface area (Å²) in [4.78, 5) is 0. The summed E-state index contributed by atoms with van der Waals surface area (Å²) in [6, 6.07) is 13.7. The van der Waals surface area contributed by atoms with Gasteiger partial charge in [0.1, 0.15) is 0 Å². The van der Waals surface area contributed by atoms with E-state index in [1.54, 1.807) is 6.07 Å². The average molecular weight is 208 g/mol. The molecule has 78 valence electrons. The molecule has 1 aromatic heterocycles. The maximum absolute atomic E-state index is 8.78. The number of nitrogens with zero attached hydrogens (tertiary/aromatic N) is 2. The second kappa shape index (κ2) is 4.50. The van der Waals surface area contributed by atoms with Crippen molar-refractivity contribution in [2.24, 2.45) is 7.05 Å². The Bertz CT molecular complexity index is 556. The lowest BCUT2D eigenvalue weighted by molar-refractivity contribution is 0.915. The third-order valence-electron chi connectivity index (χ3n) is 2.45. The average Bonchev–Trinajstić information content (AvgIpc) is 2.72. The van der Waals surface area contributed by atoms with Crippen LogP contribution in [-0.4, -0.2) is 4.57 Å². The number of hydrogen-bond donors (Lipinski definition) is 0. The highest BCUT2D eigenvalue weighted by molar-refractivity contribution is 5.68. The standard InChI is InChI=1S/C14H12N2/c1-16-9-3-6-14(16)8-7-12-4-2-5-13(10-12)11-15/h2-10H,1H3/b8-7+. The Hall–Kier alpha value is -2.27. The molecule has 0 aliphatic heterocycles. The largest absolute Gasteiger partial charge is 0.351 e. The fraction of sp³-hybridized carbons (Fsp3) is 0.0714. The van der Waals surface area contributed by atoms with Crippen LogP contribution < -0.4 is 0 Å². The molecule has 0 N–H and O–H groups in total. The Morgan fingerprint density at radius 3 is 2.75 bits per heavy atom. The summed E-state index contributed by atoms with van der Waals surface area (Å²) in [7, 11) is 2.01. The fourth-order valence-corrected chi connectivity index (χ4v) is 1.54. The van der Waals surface area contributed by atoms with Gasteiger partial charge in [-0.25, -0.2) is 0 Å². The van der Waals surface area contributed by atoms with Crippen molar-refractivity contribution in [2.45, 2.75) is 0 Å². The van der Waals surface area contributed by atoms with Crippen LogP contribution in [-0.2, 0) is 7.05 Å². The molecule has 1 aromatic carbocycles. The zero-order chi connectivity index (χ0) is 11.4. The van der Waals surface area contributed by atoms with Crippen molar-refractivity contribution < 1.29 is 0 Å². The summed E-state index contributed by atoms with van der Waals surface area (Å²) in [6.45, 7) is 0. The Balaban J connectivity index is 2.24. The molecular formula is C14H12N2. The molecule has 2 heteroatoms. The van der Waals surface area contributed by atoms with Crippen LogP contribution in [0.15, 0.2) is 42.6 Å². The number of nitriles is 1. The third kappa shape index (κ3) is 2.21. The van der Waals surface area contributed by atoms with Crippen molar-refractivity contribution in [3.8, 4) is 6.07 Å². The first-order valence-electron chi connectivity index (χ1n) is 5.09. The lowest BCUT2D eigenvalue weighted by Crippen LogP contribution is -1.86. The molecule has 0 amide bonds. The van der Waals surface area contributed by atoms with E-state index in [9.17, 15) is 0 Å². The molecule has 0 bridgehead atoms. The molecule has 16 heavy (non-hydrogen) atoms. The van der Waals surface area contributed by atoms with Gasteiger partial charge in [-0.15, -0.1) is 0 Å². The van der Waals surface area contributed by atoms with Gasteiger partial charge in [0.25, 0.3) is 0 Å². The summed E-state index contributed by atoms with van der Waals surface area (Å²) in [5.74, 6) is 0. The van der Waals surface area contributed by atoms with Crippen molar-refractivity contribution in [3.05, 3.63) is 59.4 Å². The molecule has 0 radical (unpaired) electrons. The lowest BCUT2D eigenvalue weighted by Gasteiger charge is -1.96. The number of aromatic nitrogens is 1. The van der Waals surface area contributed by atoms with Crippen LogP contribution in [0, 0.1) is 11.3 Å². The Morgan fingerprint density at radius 1 is 1.19 bits per heavy atom. The van der Waals surface area contributed by atoms with Crippen LogP contribution in [0.5, 0.6) is 0 Å². The van der Waals surface area contributed by atoms with Gasteiger partial charge in [-0.1, -0.05) is 18.2 Å². The Labute approximate surface area is 95.1 Å². The fourth-order valence-electron chi connectivity index (χ4n) is 1.54. The molecule has 0 atom stereocenters. The summed E-state index contributed by atoms with van der Waals surface area (Å²) in [5, 5.41) is 8.78. The van der Waals surface area contributed by atoms with Crippen LogP contribution in [0.25, 0.3) is 12.2 Å². The zero-order valence-electron chi connectivity index (χ0n) is 9.09. The molecule has 2 rings (SSSR count). The van der Waals surface area contributed by atoms with Crippen LogP contribution in [0.2, 0.25) is 0 Å². The molecule has 2 nitrogen and oxygen atoms in total. The lowest BCUT2D eigenvalue weighted by atomic mass is 10.1. The first-order valence-corrected chi connectivity index (χ1v) is 5.09. The van der Waals surface area contributed by atoms with E-state index in [4.69, 9.17) is 5.26 Å². The van der Waals surface area contributed by atoms with Crippen LogP contribution in [0.4, 0.5) is 0 Å². The topological polar surface area (TPSA) is 28.7 Å². The van der Waals surface area contributed by atoms with Gasteiger partial charge >= 0.3 is 0 Å². The molecule has 0 aliphatic rings. The smallest absolute Gasteiger partial charge is 0.0991 e. The van der Waals surface area contributed by atoms with Crippen LogP contribution in [0.3, 0.4) is 0 Å². The highest BCUT2D eigenvalue weighted by atomic mass is 14.9. The van der Waals surface area contributed by atoms with Crippen molar-refractivity contribution in [1.82, 2.24) is 4.57 Å². The van der Waals surface area contributed by atoms with Gasteiger partial charge in [-0.05, 0) is 35.9 Å². The minimum atomic E-state index is 0.689. The molecule has 0 fully saturated rings. The predicted molar refractivity (Wildman–Crippen MR) is 65.5 cm³/mol. The van der Waals surface area contributed by atoms with Crippen molar-refractivity contribution in [1.29, 1.82) is 5.26 Å². The van der Waals surface area contributed by atoms with E-state index < -0.39 is 0 Å². The molecule has 0 saturated carbocycles. The first-order chi connectivity index (χ1) is 7.79. The van der Waals surface area contributed by atoms with E-state index in [0.29, 0.717) is 5.56 Å². The number of aryl methyl sites for hydroxylation is 1. The maximum atomic E-state index is 8.78. The SMILES string of the molecule is Cn1cccc1/C=C/c1cccc(C#N)c1. The second-order valence-electron chi connectivity index (χ2n) is 3.61. The summed E-state index contributed by atoms with van der Waals surface area (Å²) < 4.78 is 2.05. The van der Waals surface area contributed by atoms with Crippen molar-refractivity contribution >= 4 is 12.2 Å². The molecule has 0 spiro atoms. The van der Waals surface area contributed by atoms with E-state index in [1.165, 1.54) is 0 Å². The minimum absolute atomic E-state index is 0.689. The Kier molecular flexibility index (Phi) is 2.88. The van der Waals surface area contributed by atoms with Crippen LogP contribution >= 0.6 is 0 Å². The van der Waals surface area contributed by atoms with Gasteiger partial charge in [0.05, 0.1) is 11.6 Å². The van der Waals surface area contributed by atoms with Gasteiger partial charge in [0.2, 0.25) is 0 Å².